The summed E-state index contributed by atoms with van der Waals surface area (Å²) >= 11 is 25.2. The van der Waals surface area contributed by atoms with E-state index in [0.29, 0.717) is 11.8 Å². The Balaban J connectivity index is 4.02. The Hall–Kier alpha value is 1.16. The lowest BCUT2D eigenvalue weighted by molar-refractivity contribution is 0.448. The molecule has 116 valence electrons. The zero-order valence-electron chi connectivity index (χ0n) is 12.5. The van der Waals surface area contributed by atoms with E-state index in [1.807, 2.05) is 6.92 Å². The summed E-state index contributed by atoms with van der Waals surface area (Å²) in [4.78, 5) is 0. The molecule has 0 rings (SSSR count). The first-order chi connectivity index (χ1) is 8.77. The molecule has 0 nitrogen and oxygen atoms in total. The van der Waals surface area contributed by atoms with Gasteiger partial charge in [-0.2, -0.15) is 0 Å². The van der Waals surface area contributed by atoms with Crippen molar-refractivity contribution in [3.63, 3.8) is 0 Å². The molecule has 0 aromatic heterocycles. The van der Waals surface area contributed by atoms with Crippen molar-refractivity contribution >= 4 is 46.4 Å². The van der Waals surface area contributed by atoms with Gasteiger partial charge in [0.1, 0.15) is 0 Å². The Kier molecular flexibility index (Phi) is 11.5. The molecule has 0 aromatic carbocycles. The highest BCUT2D eigenvalue weighted by atomic mass is 35.5. The quantitative estimate of drug-likeness (QED) is 0.386. The van der Waals surface area contributed by atoms with E-state index >= 15 is 0 Å². The van der Waals surface area contributed by atoms with Gasteiger partial charge in [-0.05, 0) is 44.4 Å². The highest BCUT2D eigenvalue weighted by Crippen LogP contribution is 2.29. The Labute approximate surface area is 139 Å². The van der Waals surface area contributed by atoms with Crippen molar-refractivity contribution in [2.45, 2.75) is 81.3 Å². The van der Waals surface area contributed by atoms with Crippen molar-refractivity contribution in [1.29, 1.82) is 0 Å². The van der Waals surface area contributed by atoms with Crippen LogP contribution in [0.2, 0.25) is 0 Å². The molecule has 0 saturated carbocycles. The Bertz CT molecular complexity index is 220. The SMILES string of the molecule is CCC(C)CCC(Cl)C(Cl)CC(Cl)C(C)CC(C)Cl. The third-order valence-electron chi connectivity index (χ3n) is 3.79. The van der Waals surface area contributed by atoms with Crippen LogP contribution in [-0.4, -0.2) is 21.5 Å². The standard InChI is InChI=1S/C15H28Cl4/c1-5-10(2)6-7-13(17)15(19)9-14(18)11(3)8-12(4)16/h10-15H,5-9H2,1-4H3. The van der Waals surface area contributed by atoms with E-state index in [2.05, 4.69) is 20.8 Å². The molecule has 19 heavy (non-hydrogen) atoms. The molecule has 6 unspecified atom stereocenters. The van der Waals surface area contributed by atoms with E-state index in [1.165, 1.54) is 6.42 Å². The van der Waals surface area contributed by atoms with Gasteiger partial charge in [-0.15, -0.1) is 46.4 Å². The van der Waals surface area contributed by atoms with Crippen molar-refractivity contribution in [2.75, 3.05) is 0 Å². The molecule has 0 radical (unpaired) electrons. The molecule has 0 fully saturated rings. The van der Waals surface area contributed by atoms with Crippen LogP contribution in [-0.2, 0) is 0 Å². The second kappa shape index (κ2) is 10.8. The average molecular weight is 350 g/mol. The van der Waals surface area contributed by atoms with E-state index in [0.717, 1.165) is 25.7 Å². The van der Waals surface area contributed by atoms with Gasteiger partial charge in [-0.25, -0.2) is 0 Å². The molecule has 0 N–H and O–H groups in total. The molecule has 0 aliphatic heterocycles. The molecular formula is C15H28Cl4. The van der Waals surface area contributed by atoms with Crippen LogP contribution in [0.4, 0.5) is 0 Å². The highest BCUT2D eigenvalue weighted by Gasteiger charge is 2.24. The summed E-state index contributed by atoms with van der Waals surface area (Å²) in [5, 5.41) is 0.162. The van der Waals surface area contributed by atoms with E-state index < -0.39 is 0 Å². The molecule has 0 spiro atoms. The minimum Gasteiger partial charge on any atom is -0.123 e. The molecule has 6 atom stereocenters. The van der Waals surface area contributed by atoms with Crippen LogP contribution < -0.4 is 0 Å². The maximum atomic E-state index is 6.40. The fourth-order valence-electron chi connectivity index (χ4n) is 2.08. The minimum atomic E-state index is -0.0543. The molecule has 0 aliphatic carbocycles. The lowest BCUT2D eigenvalue weighted by Crippen LogP contribution is -2.24. The van der Waals surface area contributed by atoms with Crippen molar-refractivity contribution in [2.24, 2.45) is 11.8 Å². The summed E-state index contributed by atoms with van der Waals surface area (Å²) in [6, 6.07) is 0. The summed E-state index contributed by atoms with van der Waals surface area (Å²) in [5.74, 6) is 1.08. The first-order valence-corrected chi connectivity index (χ1v) is 9.08. The van der Waals surface area contributed by atoms with Crippen molar-refractivity contribution < 1.29 is 0 Å². The summed E-state index contributed by atoms with van der Waals surface area (Å²) < 4.78 is 0. The Morgan fingerprint density at radius 3 is 1.79 bits per heavy atom. The van der Waals surface area contributed by atoms with E-state index in [1.54, 1.807) is 0 Å². The summed E-state index contributed by atoms with van der Waals surface area (Å²) in [6.45, 7) is 8.58. The highest BCUT2D eigenvalue weighted by molar-refractivity contribution is 6.30. The van der Waals surface area contributed by atoms with Crippen molar-refractivity contribution in [1.82, 2.24) is 0 Å². The molecule has 0 heterocycles. The Morgan fingerprint density at radius 2 is 1.32 bits per heavy atom. The van der Waals surface area contributed by atoms with Crippen LogP contribution in [0.3, 0.4) is 0 Å². The Morgan fingerprint density at radius 1 is 0.737 bits per heavy atom. The number of alkyl halides is 4. The fraction of sp³-hybridized carbons (Fsp3) is 1.00. The van der Waals surface area contributed by atoms with Gasteiger partial charge in [0.15, 0.2) is 0 Å². The first-order valence-electron chi connectivity index (χ1n) is 7.34. The summed E-state index contributed by atoms with van der Waals surface area (Å²) in [5.41, 5.74) is 0. The van der Waals surface area contributed by atoms with Gasteiger partial charge in [-0.1, -0.05) is 27.2 Å². The van der Waals surface area contributed by atoms with Crippen LogP contribution >= 0.6 is 46.4 Å². The van der Waals surface area contributed by atoms with Gasteiger partial charge in [0.25, 0.3) is 0 Å². The van der Waals surface area contributed by atoms with Gasteiger partial charge < -0.3 is 0 Å². The third kappa shape index (κ3) is 9.67. The number of rotatable bonds is 10. The zero-order chi connectivity index (χ0) is 15.0. The van der Waals surface area contributed by atoms with Gasteiger partial charge >= 0.3 is 0 Å². The molecule has 0 bridgehead atoms. The van der Waals surface area contributed by atoms with Crippen LogP contribution in [0, 0.1) is 11.8 Å². The minimum absolute atomic E-state index is 0.0116. The topological polar surface area (TPSA) is 0 Å². The number of halogens is 4. The summed E-state index contributed by atoms with van der Waals surface area (Å²) in [7, 11) is 0. The molecule has 0 aliphatic rings. The second-order valence-corrected chi connectivity index (χ2v) is 8.30. The summed E-state index contributed by atoms with van der Waals surface area (Å²) in [6.07, 6.45) is 4.96. The van der Waals surface area contributed by atoms with Crippen LogP contribution in [0.1, 0.15) is 59.8 Å². The smallest absolute Gasteiger partial charge is 0.0513 e. The second-order valence-electron chi connectivity index (χ2n) is 5.87. The average Bonchev–Trinajstić information content (AvgIpc) is 2.34. The number of hydrogen-bond acceptors (Lipinski definition) is 0. The largest absolute Gasteiger partial charge is 0.123 e. The third-order valence-corrected chi connectivity index (χ3v) is 5.71. The van der Waals surface area contributed by atoms with Crippen LogP contribution in [0.25, 0.3) is 0 Å². The first kappa shape index (κ1) is 20.2. The van der Waals surface area contributed by atoms with Crippen LogP contribution in [0.15, 0.2) is 0 Å². The maximum Gasteiger partial charge on any atom is 0.0513 e. The normalized spacial score (nSPS) is 21.5. The predicted octanol–water partition coefficient (Wildman–Crippen LogP) is 6.68. The van der Waals surface area contributed by atoms with E-state index in [9.17, 15) is 0 Å². The fourth-order valence-corrected chi connectivity index (χ4v) is 3.30. The van der Waals surface area contributed by atoms with Gasteiger partial charge in [0.05, 0.1) is 5.38 Å². The molecule has 0 saturated heterocycles. The maximum absolute atomic E-state index is 6.40. The van der Waals surface area contributed by atoms with E-state index in [4.69, 9.17) is 46.4 Å². The molecule has 0 aromatic rings. The number of hydrogen-bond donors (Lipinski definition) is 0. The monoisotopic (exact) mass is 348 g/mol. The lowest BCUT2D eigenvalue weighted by Gasteiger charge is -2.24. The molecular weight excluding hydrogens is 322 g/mol. The van der Waals surface area contributed by atoms with Crippen LogP contribution in [0.5, 0.6) is 0 Å². The van der Waals surface area contributed by atoms with Gasteiger partial charge in [0, 0.05) is 16.1 Å². The van der Waals surface area contributed by atoms with Crippen molar-refractivity contribution in [3.05, 3.63) is 0 Å². The van der Waals surface area contributed by atoms with Gasteiger partial charge in [-0.3, -0.25) is 0 Å². The molecule has 4 heteroatoms. The van der Waals surface area contributed by atoms with Gasteiger partial charge in [0.2, 0.25) is 0 Å². The lowest BCUT2D eigenvalue weighted by atomic mass is 9.95. The van der Waals surface area contributed by atoms with E-state index in [-0.39, 0.29) is 21.5 Å². The predicted molar refractivity (Wildman–Crippen MR) is 91.3 cm³/mol. The molecule has 0 amide bonds. The zero-order valence-corrected chi connectivity index (χ0v) is 15.5. The van der Waals surface area contributed by atoms with Crippen molar-refractivity contribution in [3.8, 4) is 0 Å².